The van der Waals surface area contributed by atoms with Gasteiger partial charge in [-0.15, -0.1) is 6.53 Å². The molecule has 0 spiro atoms. The van der Waals surface area contributed by atoms with Crippen molar-refractivity contribution in [3.05, 3.63) is 48.5 Å². The molecule has 13 heavy (non-hydrogen) atoms. The highest BCUT2D eigenvalue weighted by Crippen LogP contribution is 2.02. The van der Waals surface area contributed by atoms with Crippen LogP contribution in [0.15, 0.2) is 42.9 Å². The summed E-state index contributed by atoms with van der Waals surface area (Å²) in [5.41, 5.74) is 0.616. The van der Waals surface area contributed by atoms with Gasteiger partial charge >= 0.3 is 0 Å². The Morgan fingerprint density at radius 1 is 1.62 bits per heavy atom. The van der Waals surface area contributed by atoms with Gasteiger partial charge in [-0.1, -0.05) is 24.3 Å². The second-order valence-electron chi connectivity index (χ2n) is 2.76. The average molecular weight is 177 g/mol. The van der Waals surface area contributed by atoms with Crippen LogP contribution in [-0.4, -0.2) is 24.4 Å². The van der Waals surface area contributed by atoms with Gasteiger partial charge in [0.05, 0.1) is 2.74 Å². The van der Waals surface area contributed by atoms with Crippen LogP contribution in [0.5, 0.6) is 0 Å². The van der Waals surface area contributed by atoms with Gasteiger partial charge in [-0.05, 0) is 12.1 Å². The van der Waals surface area contributed by atoms with Gasteiger partial charge in [0, 0.05) is 19.2 Å². The van der Waals surface area contributed by atoms with Gasteiger partial charge < -0.3 is 4.90 Å². The predicted molar refractivity (Wildman–Crippen MR) is 53.6 cm³/mol. The Bertz CT molecular complexity index is 358. The third-order valence-electron chi connectivity index (χ3n) is 1.73. The molecular weight excluding hydrogens is 162 g/mol. The number of benzene rings is 1. The summed E-state index contributed by atoms with van der Waals surface area (Å²) < 4.78 is 13.8. The first-order valence-corrected chi connectivity index (χ1v) is 4.05. The van der Waals surface area contributed by atoms with Crippen molar-refractivity contribution in [2.75, 3.05) is 13.6 Å². The smallest absolute Gasteiger partial charge is 0.253 e. The van der Waals surface area contributed by atoms with E-state index in [-0.39, 0.29) is 19.0 Å². The number of carbonyl (C=O) groups is 1. The number of hydrogen-bond donors (Lipinski definition) is 0. The van der Waals surface area contributed by atoms with E-state index in [2.05, 4.69) is 0 Å². The highest BCUT2D eigenvalue weighted by Gasteiger charge is 2.08. The number of likely N-dealkylation sites (N-methyl/N-ethyl adjacent to an activating group) is 1. The largest absolute Gasteiger partial charge is 0.338 e. The molecule has 1 rings (SSSR count). The van der Waals surface area contributed by atoms with Gasteiger partial charge in [0.25, 0.3) is 5.91 Å². The highest BCUT2D eigenvalue weighted by molar-refractivity contribution is 5.94. The van der Waals surface area contributed by atoms with E-state index in [0.717, 1.165) is 0 Å². The van der Waals surface area contributed by atoms with Crippen LogP contribution in [0.25, 0.3) is 0 Å². The van der Waals surface area contributed by atoms with Gasteiger partial charge in [0.2, 0.25) is 0 Å². The number of hydrogen-bond acceptors (Lipinski definition) is 1. The number of carbonyl (C=O) groups excluding carboxylic acids is 1. The molecule has 0 radical (unpaired) electrons. The molecule has 2 heteroatoms. The summed E-state index contributed by atoms with van der Waals surface area (Å²) in [7, 11) is 1.65. The van der Waals surface area contributed by atoms with Gasteiger partial charge in [-0.2, -0.15) is 0 Å². The monoisotopic (exact) mass is 177 g/mol. The van der Waals surface area contributed by atoms with Crippen LogP contribution in [0, 0.1) is 0 Å². The molecule has 68 valence electrons. The third-order valence-corrected chi connectivity index (χ3v) is 1.73. The number of nitrogens with zero attached hydrogens (tertiary/aromatic N) is 1. The quantitative estimate of drug-likeness (QED) is 0.646. The first-order chi connectivity index (χ1) is 7.11. The van der Waals surface area contributed by atoms with Crippen molar-refractivity contribution in [1.29, 1.82) is 0 Å². The molecule has 0 saturated carbocycles. The molecule has 0 aliphatic heterocycles. The Morgan fingerprint density at radius 3 is 2.92 bits per heavy atom. The van der Waals surface area contributed by atoms with Crippen LogP contribution < -0.4 is 0 Å². The van der Waals surface area contributed by atoms with Crippen molar-refractivity contribution >= 4 is 5.91 Å². The van der Waals surface area contributed by atoms with E-state index in [1.54, 1.807) is 31.3 Å². The van der Waals surface area contributed by atoms with E-state index in [1.807, 2.05) is 6.07 Å². The Hall–Kier alpha value is -1.57. The minimum Gasteiger partial charge on any atom is -0.338 e. The van der Waals surface area contributed by atoms with Gasteiger partial charge in [-0.3, -0.25) is 4.79 Å². The van der Waals surface area contributed by atoms with Crippen molar-refractivity contribution in [2.24, 2.45) is 0 Å². The lowest BCUT2D eigenvalue weighted by Crippen LogP contribution is -2.26. The molecule has 0 fully saturated rings. The van der Waals surface area contributed by atoms with E-state index in [9.17, 15) is 4.79 Å². The summed E-state index contributed by atoms with van der Waals surface area (Å²) in [5.74, 6) is -0.104. The third kappa shape index (κ3) is 2.44. The molecule has 0 unspecified atom stereocenters. The van der Waals surface area contributed by atoms with Gasteiger partial charge in [0.1, 0.15) is 0 Å². The topological polar surface area (TPSA) is 20.3 Å². The summed E-state index contributed by atoms with van der Waals surface area (Å²) in [4.78, 5) is 13.2. The lowest BCUT2D eigenvalue weighted by molar-refractivity contribution is 0.0810. The number of rotatable bonds is 3. The predicted octanol–water partition coefficient (Wildman–Crippen LogP) is 1.94. The zero-order chi connectivity index (χ0) is 11.3. The fourth-order valence-corrected chi connectivity index (χ4v) is 1.02. The fraction of sp³-hybridized carbons (Fsp3) is 0.182. The summed E-state index contributed by atoms with van der Waals surface area (Å²) in [6.07, 6.45) is 1.38. The SMILES string of the molecule is [2H]C([2H])=CCN(C)C(=O)c1ccccc1. The van der Waals surface area contributed by atoms with Crippen LogP contribution in [0.4, 0.5) is 0 Å². The molecule has 0 aliphatic rings. The van der Waals surface area contributed by atoms with Crippen LogP contribution in [0.1, 0.15) is 13.1 Å². The summed E-state index contributed by atoms with van der Waals surface area (Å²) in [5, 5.41) is 0. The van der Waals surface area contributed by atoms with Gasteiger partial charge in [-0.25, -0.2) is 0 Å². The van der Waals surface area contributed by atoms with Crippen LogP contribution in [0.2, 0.25) is 0 Å². The van der Waals surface area contributed by atoms with E-state index < -0.39 is 0 Å². The zero-order valence-electron chi connectivity index (χ0n) is 9.53. The zero-order valence-corrected chi connectivity index (χ0v) is 7.53. The molecule has 0 saturated heterocycles. The Balaban J connectivity index is 2.65. The van der Waals surface area contributed by atoms with E-state index in [0.29, 0.717) is 5.56 Å². The Kier molecular flexibility index (Phi) is 2.36. The Morgan fingerprint density at radius 2 is 2.31 bits per heavy atom. The molecule has 0 bridgehead atoms. The minimum absolute atomic E-state index is 0.104. The van der Waals surface area contributed by atoms with E-state index in [4.69, 9.17) is 2.74 Å². The molecular formula is C11H13NO. The maximum Gasteiger partial charge on any atom is 0.253 e. The molecule has 0 aliphatic carbocycles. The molecule has 0 atom stereocenters. The summed E-state index contributed by atoms with van der Waals surface area (Å²) in [6, 6.07) is 8.94. The average Bonchev–Trinajstić information content (AvgIpc) is 2.26. The molecule has 0 heterocycles. The fourth-order valence-electron chi connectivity index (χ4n) is 1.02. The molecule has 1 aromatic rings. The summed E-state index contributed by atoms with van der Waals surface area (Å²) >= 11 is 0. The second kappa shape index (κ2) is 4.45. The van der Waals surface area contributed by atoms with Crippen molar-refractivity contribution in [1.82, 2.24) is 4.90 Å². The molecule has 0 aromatic heterocycles. The molecule has 1 amide bonds. The van der Waals surface area contributed by atoms with E-state index >= 15 is 0 Å². The van der Waals surface area contributed by atoms with Crippen molar-refractivity contribution < 1.29 is 7.54 Å². The lowest BCUT2D eigenvalue weighted by Gasteiger charge is -2.14. The van der Waals surface area contributed by atoms with Crippen molar-refractivity contribution in [3.63, 3.8) is 0 Å². The normalized spacial score (nSPS) is 11.2. The second-order valence-corrected chi connectivity index (χ2v) is 2.76. The first kappa shape index (κ1) is 6.89. The van der Waals surface area contributed by atoms with Crippen molar-refractivity contribution in [3.8, 4) is 0 Å². The summed E-state index contributed by atoms with van der Waals surface area (Å²) in [6.45, 7) is 0.0125. The van der Waals surface area contributed by atoms with Crippen LogP contribution in [0.3, 0.4) is 0 Å². The minimum atomic E-state index is -0.275. The van der Waals surface area contributed by atoms with Crippen molar-refractivity contribution in [2.45, 2.75) is 0 Å². The highest BCUT2D eigenvalue weighted by atomic mass is 16.2. The Labute approximate surface area is 81.3 Å². The molecule has 0 N–H and O–H groups in total. The van der Waals surface area contributed by atoms with Crippen LogP contribution in [-0.2, 0) is 0 Å². The van der Waals surface area contributed by atoms with E-state index in [1.165, 1.54) is 11.0 Å². The first-order valence-electron chi connectivity index (χ1n) is 5.05. The lowest BCUT2D eigenvalue weighted by atomic mass is 10.2. The molecule has 1 aromatic carbocycles. The van der Waals surface area contributed by atoms with Gasteiger partial charge in [0.15, 0.2) is 0 Å². The van der Waals surface area contributed by atoms with Crippen LogP contribution >= 0.6 is 0 Å². The maximum absolute atomic E-state index is 11.7. The maximum atomic E-state index is 11.7. The molecule has 2 nitrogen and oxygen atoms in total. The number of amides is 1. The standard InChI is InChI=1S/C11H13NO/c1-3-9-12(2)11(13)10-7-5-4-6-8-10/h3-8H,1,9H2,2H3/i1D2.